The molecule has 0 bridgehead atoms. The van der Waals surface area contributed by atoms with Crippen LogP contribution in [0.25, 0.3) is 0 Å². The first kappa shape index (κ1) is 15.6. The summed E-state index contributed by atoms with van der Waals surface area (Å²) in [5.41, 5.74) is 1.03. The van der Waals surface area contributed by atoms with Crippen molar-refractivity contribution in [3.8, 4) is 0 Å². The van der Waals surface area contributed by atoms with Gasteiger partial charge in [-0.2, -0.15) is 8.42 Å². The van der Waals surface area contributed by atoms with Gasteiger partial charge in [-0.25, -0.2) is 0 Å². The minimum Gasteiger partial charge on any atom is -0.501 e. The number of ether oxygens (including phenoxy) is 1. The summed E-state index contributed by atoms with van der Waals surface area (Å²) in [7, 11) is -3.67. The van der Waals surface area contributed by atoms with Crippen molar-refractivity contribution < 1.29 is 17.3 Å². The molecule has 5 heteroatoms. The summed E-state index contributed by atoms with van der Waals surface area (Å²) in [5, 5.41) is 0. The molecule has 3 unspecified atom stereocenters. The van der Waals surface area contributed by atoms with E-state index in [-0.39, 0.29) is 17.4 Å². The lowest BCUT2D eigenvalue weighted by atomic mass is 9.72. The first-order valence-corrected chi connectivity index (χ1v) is 9.21. The zero-order chi connectivity index (χ0) is 15.6. The molecule has 0 aromatic heterocycles. The van der Waals surface area contributed by atoms with Gasteiger partial charge in [-0.05, 0) is 55.7 Å². The molecule has 1 saturated carbocycles. The lowest BCUT2D eigenvalue weighted by Gasteiger charge is -2.37. The highest BCUT2D eigenvalue weighted by molar-refractivity contribution is 7.86. The molecule has 3 rings (SSSR count). The monoisotopic (exact) mass is 322 g/mol. The molecule has 1 heterocycles. The Labute approximate surface area is 132 Å². The molecule has 120 valence electrons. The number of hydrogen-bond donors (Lipinski definition) is 0. The molecule has 4 nitrogen and oxygen atoms in total. The van der Waals surface area contributed by atoms with Crippen LogP contribution in [0.3, 0.4) is 0 Å². The molecule has 0 spiro atoms. The normalized spacial score (nSPS) is 28.0. The summed E-state index contributed by atoms with van der Waals surface area (Å²) >= 11 is 0. The second-order valence-corrected chi connectivity index (χ2v) is 7.86. The van der Waals surface area contributed by atoms with Gasteiger partial charge in [0.05, 0.1) is 24.4 Å². The Kier molecular flexibility index (Phi) is 4.54. The Bertz CT molecular complexity index is 633. The molecule has 1 aromatic rings. The number of rotatable bonds is 4. The van der Waals surface area contributed by atoms with E-state index in [4.69, 9.17) is 8.92 Å². The highest BCUT2D eigenvalue weighted by Gasteiger charge is 2.34. The van der Waals surface area contributed by atoms with Crippen molar-refractivity contribution >= 4 is 10.1 Å². The SMILES string of the molecule is Cc1ccc(S(=O)(=O)OCC2CCCC3COC=CC32)cc1. The van der Waals surface area contributed by atoms with E-state index in [1.165, 1.54) is 0 Å². The molecule has 1 aromatic carbocycles. The van der Waals surface area contributed by atoms with E-state index < -0.39 is 10.1 Å². The summed E-state index contributed by atoms with van der Waals surface area (Å²) < 4.78 is 35.3. The van der Waals surface area contributed by atoms with E-state index in [1.54, 1.807) is 30.5 Å². The van der Waals surface area contributed by atoms with E-state index in [2.05, 4.69) is 6.08 Å². The van der Waals surface area contributed by atoms with E-state index in [0.717, 1.165) is 31.4 Å². The van der Waals surface area contributed by atoms with Gasteiger partial charge < -0.3 is 4.74 Å². The van der Waals surface area contributed by atoms with Crippen LogP contribution < -0.4 is 0 Å². The van der Waals surface area contributed by atoms with Crippen LogP contribution >= 0.6 is 0 Å². The quantitative estimate of drug-likeness (QED) is 0.798. The van der Waals surface area contributed by atoms with Crippen LogP contribution in [0.15, 0.2) is 41.5 Å². The van der Waals surface area contributed by atoms with Crippen LogP contribution in [0.2, 0.25) is 0 Å². The molecule has 0 N–H and O–H groups in total. The summed E-state index contributed by atoms with van der Waals surface area (Å²) in [6.07, 6.45) is 7.08. The summed E-state index contributed by atoms with van der Waals surface area (Å²) in [4.78, 5) is 0.230. The van der Waals surface area contributed by atoms with Gasteiger partial charge in [-0.3, -0.25) is 4.18 Å². The smallest absolute Gasteiger partial charge is 0.296 e. The maximum atomic E-state index is 12.3. The van der Waals surface area contributed by atoms with E-state index in [9.17, 15) is 8.42 Å². The molecule has 0 radical (unpaired) electrons. The molecular formula is C17H22O4S. The predicted octanol–water partition coefficient (Wildman–Crippen LogP) is 3.28. The third-order valence-corrected chi connectivity index (χ3v) is 5.99. The molecule has 3 atom stereocenters. The van der Waals surface area contributed by atoms with Crippen LogP contribution in [-0.4, -0.2) is 21.6 Å². The van der Waals surface area contributed by atoms with Crippen molar-refractivity contribution in [2.24, 2.45) is 17.8 Å². The Balaban J connectivity index is 1.67. The summed E-state index contributed by atoms with van der Waals surface area (Å²) in [5.74, 6) is 1.12. The lowest BCUT2D eigenvalue weighted by molar-refractivity contribution is 0.0618. The number of aryl methyl sites for hydroxylation is 1. The largest absolute Gasteiger partial charge is 0.501 e. The van der Waals surface area contributed by atoms with Gasteiger partial charge in [0.25, 0.3) is 10.1 Å². The van der Waals surface area contributed by atoms with Gasteiger partial charge >= 0.3 is 0 Å². The average Bonchev–Trinajstić information content (AvgIpc) is 2.53. The van der Waals surface area contributed by atoms with Crippen molar-refractivity contribution in [2.45, 2.75) is 31.1 Å². The maximum absolute atomic E-state index is 12.3. The first-order valence-electron chi connectivity index (χ1n) is 7.80. The van der Waals surface area contributed by atoms with E-state index >= 15 is 0 Å². The molecule has 1 fully saturated rings. The molecule has 2 aliphatic rings. The molecule has 0 amide bonds. The number of hydrogen-bond acceptors (Lipinski definition) is 4. The third-order valence-electron chi connectivity index (χ3n) is 4.69. The predicted molar refractivity (Wildman–Crippen MR) is 83.7 cm³/mol. The first-order chi connectivity index (χ1) is 10.6. The Morgan fingerprint density at radius 3 is 2.77 bits per heavy atom. The topological polar surface area (TPSA) is 52.6 Å². The Morgan fingerprint density at radius 2 is 2.00 bits per heavy atom. The summed E-state index contributed by atoms with van der Waals surface area (Å²) in [6, 6.07) is 6.77. The van der Waals surface area contributed by atoms with Crippen molar-refractivity contribution in [1.82, 2.24) is 0 Å². The van der Waals surface area contributed by atoms with Gasteiger partial charge in [-0.15, -0.1) is 0 Å². The molecular weight excluding hydrogens is 300 g/mol. The van der Waals surface area contributed by atoms with Crippen molar-refractivity contribution in [1.29, 1.82) is 0 Å². The van der Waals surface area contributed by atoms with Gasteiger partial charge in [0.1, 0.15) is 0 Å². The Hall–Kier alpha value is -1.33. The zero-order valence-corrected chi connectivity index (χ0v) is 13.6. The second kappa shape index (κ2) is 6.42. The average molecular weight is 322 g/mol. The third kappa shape index (κ3) is 3.36. The molecule has 1 aliphatic carbocycles. The highest BCUT2D eigenvalue weighted by atomic mass is 32.2. The van der Waals surface area contributed by atoms with Crippen molar-refractivity contribution in [3.63, 3.8) is 0 Å². The van der Waals surface area contributed by atoms with Gasteiger partial charge in [0.15, 0.2) is 0 Å². The minimum absolute atomic E-state index is 0.230. The Morgan fingerprint density at radius 1 is 1.23 bits per heavy atom. The highest BCUT2D eigenvalue weighted by Crippen LogP contribution is 2.38. The molecule has 1 aliphatic heterocycles. The lowest BCUT2D eigenvalue weighted by Crippen LogP contribution is -2.34. The summed E-state index contributed by atoms with van der Waals surface area (Å²) in [6.45, 7) is 2.92. The van der Waals surface area contributed by atoms with Crippen LogP contribution in [-0.2, 0) is 19.0 Å². The van der Waals surface area contributed by atoms with Gasteiger partial charge in [0.2, 0.25) is 0 Å². The minimum atomic E-state index is -3.67. The zero-order valence-electron chi connectivity index (χ0n) is 12.8. The van der Waals surface area contributed by atoms with Gasteiger partial charge in [-0.1, -0.05) is 24.1 Å². The fourth-order valence-corrected chi connectivity index (χ4v) is 4.35. The fraction of sp³-hybridized carbons (Fsp3) is 0.529. The second-order valence-electron chi connectivity index (χ2n) is 6.24. The van der Waals surface area contributed by atoms with Crippen LogP contribution in [0.1, 0.15) is 24.8 Å². The van der Waals surface area contributed by atoms with Crippen molar-refractivity contribution in [3.05, 3.63) is 42.2 Å². The van der Waals surface area contributed by atoms with Crippen LogP contribution in [0.5, 0.6) is 0 Å². The number of allylic oxidation sites excluding steroid dienone is 1. The number of fused-ring (bicyclic) bond motifs is 1. The van der Waals surface area contributed by atoms with Crippen LogP contribution in [0, 0.1) is 24.7 Å². The van der Waals surface area contributed by atoms with E-state index in [1.807, 2.05) is 6.92 Å². The standard InChI is InChI=1S/C17H22O4S/c1-13-5-7-16(8-6-13)22(18,19)21-12-15-4-2-3-14-11-20-10-9-17(14)15/h5-10,14-15,17H,2-4,11-12H2,1H3. The maximum Gasteiger partial charge on any atom is 0.296 e. The van der Waals surface area contributed by atoms with Crippen LogP contribution in [0.4, 0.5) is 0 Å². The number of benzene rings is 1. The van der Waals surface area contributed by atoms with E-state index in [0.29, 0.717) is 11.8 Å². The molecule has 0 saturated heterocycles. The fourth-order valence-electron chi connectivity index (χ4n) is 3.39. The molecule has 22 heavy (non-hydrogen) atoms. The van der Waals surface area contributed by atoms with Crippen molar-refractivity contribution in [2.75, 3.05) is 13.2 Å². The van der Waals surface area contributed by atoms with Gasteiger partial charge in [0, 0.05) is 0 Å².